The first-order chi connectivity index (χ1) is 13.6. The van der Waals surface area contributed by atoms with E-state index < -0.39 is 0 Å². The molecule has 28 heavy (non-hydrogen) atoms. The molecule has 2 aliphatic rings. The van der Waals surface area contributed by atoms with E-state index in [-0.39, 0.29) is 18.5 Å². The Kier molecular flexibility index (Phi) is 5.43. The van der Waals surface area contributed by atoms with Crippen LogP contribution in [0.2, 0.25) is 5.02 Å². The largest absolute Gasteiger partial charge is 0.370 e. The number of urea groups is 1. The van der Waals surface area contributed by atoms with Crippen molar-refractivity contribution in [3.05, 3.63) is 40.5 Å². The van der Waals surface area contributed by atoms with Gasteiger partial charge in [-0.25, -0.2) is 14.8 Å². The smallest absolute Gasteiger partial charge is 0.324 e. The van der Waals surface area contributed by atoms with E-state index in [1.54, 1.807) is 0 Å². The summed E-state index contributed by atoms with van der Waals surface area (Å²) in [4.78, 5) is 34.1. The molecular weight excluding hydrogens is 378 g/mol. The molecule has 0 unspecified atom stereocenters. The molecule has 0 radical (unpaired) electrons. The second-order valence-corrected chi connectivity index (χ2v) is 7.46. The number of carbonyl (C=O) groups is 2. The van der Waals surface area contributed by atoms with Crippen LogP contribution in [0.25, 0.3) is 11.4 Å². The Labute approximate surface area is 168 Å². The monoisotopic (exact) mass is 399 g/mol. The van der Waals surface area contributed by atoms with Gasteiger partial charge in [-0.15, -0.1) is 0 Å². The predicted octanol–water partition coefficient (Wildman–Crippen LogP) is 3.03. The third kappa shape index (κ3) is 3.94. The first-order valence-corrected chi connectivity index (χ1v) is 9.97. The van der Waals surface area contributed by atoms with Crippen LogP contribution in [0.15, 0.2) is 24.3 Å². The van der Waals surface area contributed by atoms with Crippen LogP contribution in [-0.4, -0.2) is 46.4 Å². The first kappa shape index (κ1) is 18.7. The van der Waals surface area contributed by atoms with E-state index in [9.17, 15) is 9.59 Å². The van der Waals surface area contributed by atoms with Crippen molar-refractivity contribution in [3.8, 4) is 11.4 Å². The SMILES string of the molecule is O=C1CNC(=O)N1CCCNc1nc(-c2cccc(Cl)c2)nc2c1CCCC2. The highest BCUT2D eigenvalue weighted by Crippen LogP contribution is 2.29. The number of anilines is 1. The molecule has 0 bridgehead atoms. The average molecular weight is 400 g/mol. The van der Waals surface area contributed by atoms with Crippen LogP contribution in [0, 0.1) is 0 Å². The minimum atomic E-state index is -0.312. The van der Waals surface area contributed by atoms with Gasteiger partial charge in [0, 0.05) is 34.9 Å². The van der Waals surface area contributed by atoms with Gasteiger partial charge in [0.15, 0.2) is 5.82 Å². The van der Waals surface area contributed by atoms with Crippen molar-refractivity contribution in [1.82, 2.24) is 20.2 Å². The zero-order chi connectivity index (χ0) is 19.5. The molecule has 1 aromatic carbocycles. The molecule has 1 fully saturated rings. The molecule has 0 spiro atoms. The van der Waals surface area contributed by atoms with Crippen LogP contribution >= 0.6 is 11.6 Å². The van der Waals surface area contributed by atoms with Crippen LogP contribution in [0.3, 0.4) is 0 Å². The molecule has 8 heteroatoms. The molecule has 3 amide bonds. The molecule has 2 N–H and O–H groups in total. The molecule has 1 saturated heterocycles. The molecule has 1 aromatic heterocycles. The molecule has 0 saturated carbocycles. The maximum absolute atomic E-state index is 11.7. The topological polar surface area (TPSA) is 87.2 Å². The molecule has 146 valence electrons. The normalized spacial score (nSPS) is 16.1. The van der Waals surface area contributed by atoms with E-state index in [1.807, 2.05) is 24.3 Å². The summed E-state index contributed by atoms with van der Waals surface area (Å²) in [6.07, 6.45) is 4.82. The highest BCUT2D eigenvalue weighted by atomic mass is 35.5. The summed E-state index contributed by atoms with van der Waals surface area (Å²) in [7, 11) is 0. The number of amides is 3. The Morgan fingerprint density at radius 2 is 2.04 bits per heavy atom. The third-order valence-corrected chi connectivity index (χ3v) is 5.29. The lowest BCUT2D eigenvalue weighted by molar-refractivity contribution is -0.124. The Hall–Kier alpha value is -2.67. The fourth-order valence-corrected chi connectivity index (χ4v) is 3.81. The standard InChI is InChI=1S/C20H22ClN5O2/c21-14-6-3-5-13(11-14)18-24-16-8-2-1-7-15(16)19(25-18)22-9-4-10-26-17(27)12-23-20(26)28/h3,5-6,11H,1-2,4,7-10,12H2,(H,23,28)(H,22,24,25). The summed E-state index contributed by atoms with van der Waals surface area (Å²) in [5.74, 6) is 1.34. The van der Waals surface area contributed by atoms with Gasteiger partial charge in [-0.3, -0.25) is 9.69 Å². The second-order valence-electron chi connectivity index (χ2n) is 7.02. The molecule has 4 rings (SSSR count). The summed E-state index contributed by atoms with van der Waals surface area (Å²) in [6, 6.07) is 7.24. The van der Waals surface area contributed by atoms with Gasteiger partial charge in [-0.05, 0) is 44.2 Å². The number of fused-ring (bicyclic) bond motifs is 1. The number of nitrogens with zero attached hydrogens (tertiary/aromatic N) is 3. The Morgan fingerprint density at radius 1 is 1.18 bits per heavy atom. The van der Waals surface area contributed by atoms with Crippen molar-refractivity contribution in [2.75, 3.05) is 25.0 Å². The van der Waals surface area contributed by atoms with E-state index in [4.69, 9.17) is 21.6 Å². The van der Waals surface area contributed by atoms with Gasteiger partial charge in [0.2, 0.25) is 5.91 Å². The van der Waals surface area contributed by atoms with Gasteiger partial charge in [0.05, 0.1) is 6.54 Å². The van der Waals surface area contributed by atoms with Gasteiger partial charge in [0.25, 0.3) is 0 Å². The highest BCUT2D eigenvalue weighted by Gasteiger charge is 2.27. The van der Waals surface area contributed by atoms with Gasteiger partial charge in [0.1, 0.15) is 5.82 Å². The van der Waals surface area contributed by atoms with E-state index in [0.717, 1.165) is 42.8 Å². The number of hydrogen-bond donors (Lipinski definition) is 2. The number of nitrogens with one attached hydrogen (secondary N) is 2. The van der Waals surface area contributed by atoms with Crippen LogP contribution in [0.5, 0.6) is 0 Å². The van der Waals surface area contributed by atoms with Crippen LogP contribution < -0.4 is 10.6 Å². The minimum Gasteiger partial charge on any atom is -0.370 e. The van der Waals surface area contributed by atoms with Crippen molar-refractivity contribution in [2.24, 2.45) is 0 Å². The van der Waals surface area contributed by atoms with Crippen molar-refractivity contribution < 1.29 is 9.59 Å². The Morgan fingerprint density at radius 3 is 2.82 bits per heavy atom. The number of carbonyl (C=O) groups excluding carboxylic acids is 2. The molecule has 1 aliphatic carbocycles. The summed E-state index contributed by atoms with van der Waals surface area (Å²) < 4.78 is 0. The third-order valence-electron chi connectivity index (χ3n) is 5.05. The fourth-order valence-electron chi connectivity index (χ4n) is 3.62. The average Bonchev–Trinajstić information content (AvgIpc) is 3.02. The Balaban J connectivity index is 1.50. The van der Waals surface area contributed by atoms with E-state index in [0.29, 0.717) is 30.4 Å². The van der Waals surface area contributed by atoms with Crippen LogP contribution in [-0.2, 0) is 17.6 Å². The van der Waals surface area contributed by atoms with Gasteiger partial charge in [-0.1, -0.05) is 23.7 Å². The molecule has 0 atom stereocenters. The lowest BCUT2D eigenvalue weighted by atomic mass is 9.96. The lowest BCUT2D eigenvalue weighted by Gasteiger charge is -2.20. The van der Waals surface area contributed by atoms with Crippen molar-refractivity contribution >= 4 is 29.4 Å². The zero-order valence-corrected chi connectivity index (χ0v) is 16.3. The molecule has 2 aromatic rings. The zero-order valence-electron chi connectivity index (χ0n) is 15.5. The van der Waals surface area contributed by atoms with E-state index in [2.05, 4.69) is 10.6 Å². The number of aromatic nitrogens is 2. The summed E-state index contributed by atoms with van der Waals surface area (Å²) >= 11 is 6.13. The fraction of sp³-hybridized carbons (Fsp3) is 0.400. The van der Waals surface area contributed by atoms with Crippen molar-refractivity contribution in [1.29, 1.82) is 0 Å². The Bertz CT molecular complexity index is 901. The second kappa shape index (κ2) is 8.14. The number of rotatable bonds is 6. The molecular formula is C20H22ClN5O2. The summed E-state index contributed by atoms with van der Waals surface area (Å²) in [5.41, 5.74) is 3.16. The number of halogens is 1. The highest BCUT2D eigenvalue weighted by molar-refractivity contribution is 6.30. The predicted molar refractivity (Wildman–Crippen MR) is 107 cm³/mol. The maximum atomic E-state index is 11.7. The quantitative estimate of drug-likeness (QED) is 0.576. The minimum absolute atomic E-state index is 0.0919. The van der Waals surface area contributed by atoms with Gasteiger partial charge < -0.3 is 10.6 Å². The summed E-state index contributed by atoms with van der Waals surface area (Å²) in [6.45, 7) is 1.11. The first-order valence-electron chi connectivity index (χ1n) is 9.59. The van der Waals surface area contributed by atoms with Gasteiger partial charge >= 0.3 is 6.03 Å². The molecule has 1 aliphatic heterocycles. The molecule has 2 heterocycles. The summed E-state index contributed by atoms with van der Waals surface area (Å²) in [5, 5.41) is 6.59. The van der Waals surface area contributed by atoms with Crippen LogP contribution in [0.1, 0.15) is 30.5 Å². The number of aryl methyl sites for hydroxylation is 1. The number of imide groups is 1. The van der Waals surface area contributed by atoms with Crippen LogP contribution in [0.4, 0.5) is 10.6 Å². The van der Waals surface area contributed by atoms with Crippen molar-refractivity contribution in [3.63, 3.8) is 0 Å². The number of hydrogen-bond acceptors (Lipinski definition) is 5. The number of benzene rings is 1. The lowest BCUT2D eigenvalue weighted by Crippen LogP contribution is -2.32. The maximum Gasteiger partial charge on any atom is 0.324 e. The van der Waals surface area contributed by atoms with Gasteiger partial charge in [-0.2, -0.15) is 0 Å². The van der Waals surface area contributed by atoms with Crippen molar-refractivity contribution in [2.45, 2.75) is 32.1 Å². The van der Waals surface area contributed by atoms with E-state index in [1.165, 1.54) is 10.5 Å². The molecule has 7 nitrogen and oxygen atoms in total. The van der Waals surface area contributed by atoms with E-state index >= 15 is 0 Å².